The van der Waals surface area contributed by atoms with E-state index >= 15 is 0 Å². The van der Waals surface area contributed by atoms with Crippen LogP contribution in [0.25, 0.3) is 0 Å². The predicted octanol–water partition coefficient (Wildman–Crippen LogP) is 6.28. The fourth-order valence-corrected chi connectivity index (χ4v) is 5.78. The van der Waals surface area contributed by atoms with Gasteiger partial charge in [-0.2, -0.15) is 0 Å². The lowest BCUT2D eigenvalue weighted by Crippen LogP contribution is -2.44. The van der Waals surface area contributed by atoms with Crippen LogP contribution in [0.3, 0.4) is 0 Å². The molecule has 2 heterocycles. The second-order valence-corrected chi connectivity index (χ2v) is 9.22. The van der Waals surface area contributed by atoms with E-state index in [9.17, 15) is 0 Å². The quantitative estimate of drug-likeness (QED) is 0.433. The minimum atomic E-state index is 0.00988. The van der Waals surface area contributed by atoms with Crippen molar-refractivity contribution in [3.05, 3.63) is 108 Å². The zero-order valence-corrected chi connectivity index (χ0v) is 18.3. The van der Waals surface area contributed by atoms with Crippen LogP contribution in [0, 0.1) is 5.92 Å². The first-order valence-electron chi connectivity index (χ1n) is 11.9. The van der Waals surface area contributed by atoms with E-state index in [1.54, 1.807) is 0 Å². The number of piperidine rings is 1. The summed E-state index contributed by atoms with van der Waals surface area (Å²) >= 11 is 0. The first kappa shape index (κ1) is 20.5. The maximum atomic E-state index is 6.52. The summed E-state index contributed by atoms with van der Waals surface area (Å²) in [5, 5.41) is 0. The highest BCUT2D eigenvalue weighted by molar-refractivity contribution is 5.29. The Kier molecular flexibility index (Phi) is 6.48. The number of rotatable bonds is 8. The molecule has 31 heavy (non-hydrogen) atoms. The van der Waals surface area contributed by atoms with Gasteiger partial charge in [0.15, 0.2) is 0 Å². The van der Waals surface area contributed by atoms with Gasteiger partial charge in [-0.15, -0.1) is 0 Å². The van der Waals surface area contributed by atoms with Crippen molar-refractivity contribution in [3.63, 3.8) is 0 Å². The number of nitrogens with zero attached hydrogens (tertiary/aromatic N) is 1. The van der Waals surface area contributed by atoms with Gasteiger partial charge in [-0.05, 0) is 54.7 Å². The summed E-state index contributed by atoms with van der Waals surface area (Å²) < 4.78 is 6.52. The number of fused-ring (bicyclic) bond motifs is 2. The zero-order chi connectivity index (χ0) is 20.9. The molecule has 2 saturated heterocycles. The summed E-state index contributed by atoms with van der Waals surface area (Å²) in [5.74, 6) is 0.832. The van der Waals surface area contributed by atoms with Crippen LogP contribution in [0.5, 0.6) is 0 Å². The smallest absolute Gasteiger partial charge is 0.108 e. The fourth-order valence-electron chi connectivity index (χ4n) is 5.78. The van der Waals surface area contributed by atoms with E-state index < -0.39 is 0 Å². The number of hydrogen-bond acceptors (Lipinski definition) is 2. The molecule has 0 aliphatic carbocycles. The Balaban J connectivity index is 1.19. The van der Waals surface area contributed by atoms with Crippen molar-refractivity contribution < 1.29 is 4.74 Å². The molecule has 2 fully saturated rings. The van der Waals surface area contributed by atoms with Crippen molar-refractivity contribution in [2.75, 3.05) is 13.2 Å². The molecular weight excluding hydrogens is 378 g/mol. The van der Waals surface area contributed by atoms with Crippen molar-refractivity contribution in [1.29, 1.82) is 0 Å². The van der Waals surface area contributed by atoms with E-state index in [2.05, 4.69) is 95.9 Å². The maximum absolute atomic E-state index is 6.52. The van der Waals surface area contributed by atoms with E-state index in [0.717, 1.165) is 31.2 Å². The third-order valence-electron chi connectivity index (χ3n) is 7.19. The molecule has 0 radical (unpaired) electrons. The minimum Gasteiger partial charge on any atom is -0.367 e. The normalized spacial score (nSPS) is 23.3. The van der Waals surface area contributed by atoms with E-state index in [1.807, 2.05) is 0 Å². The summed E-state index contributed by atoms with van der Waals surface area (Å²) in [6, 6.07) is 33.8. The summed E-state index contributed by atoms with van der Waals surface area (Å²) in [5.41, 5.74) is 3.97. The first-order valence-corrected chi connectivity index (χ1v) is 11.9. The molecule has 0 spiro atoms. The molecule has 0 amide bonds. The molecular formula is C29H33NO. The molecule has 1 unspecified atom stereocenters. The summed E-state index contributed by atoms with van der Waals surface area (Å²) in [6.45, 7) is 1.83. The van der Waals surface area contributed by atoms with Crippen molar-refractivity contribution in [2.24, 2.45) is 5.92 Å². The SMILES string of the molecule is c1ccc(CC2C[C@H]3CC[C@@H](C2)N3CCOC(c2ccccc2)c2ccccc2)cc1. The van der Waals surface area contributed by atoms with Gasteiger partial charge in [-0.1, -0.05) is 91.0 Å². The second kappa shape index (κ2) is 9.80. The predicted molar refractivity (Wildman–Crippen MR) is 127 cm³/mol. The van der Waals surface area contributed by atoms with Gasteiger partial charge in [0.25, 0.3) is 0 Å². The molecule has 2 nitrogen and oxygen atoms in total. The fraction of sp³-hybridized carbons (Fsp3) is 0.379. The van der Waals surface area contributed by atoms with Crippen molar-refractivity contribution in [2.45, 2.75) is 50.3 Å². The third-order valence-corrected chi connectivity index (χ3v) is 7.19. The molecule has 0 aromatic heterocycles. The van der Waals surface area contributed by atoms with E-state index in [4.69, 9.17) is 4.74 Å². The molecule has 2 heteroatoms. The monoisotopic (exact) mass is 411 g/mol. The maximum Gasteiger partial charge on any atom is 0.108 e. The summed E-state index contributed by atoms with van der Waals surface area (Å²) in [6.07, 6.45) is 6.64. The van der Waals surface area contributed by atoms with Crippen molar-refractivity contribution in [1.82, 2.24) is 4.90 Å². The molecule has 3 atom stereocenters. The minimum absolute atomic E-state index is 0.00988. The molecule has 2 aliphatic rings. The standard InChI is InChI=1S/C29H33NO/c1-4-10-23(11-5-1)20-24-21-27-16-17-28(22-24)30(27)18-19-31-29(25-12-6-2-7-13-25)26-14-8-3-9-15-26/h1-15,24,27-29H,16-22H2/t24?,27-,28+. The highest BCUT2D eigenvalue weighted by atomic mass is 16.5. The Hall–Kier alpha value is -2.42. The molecule has 2 aliphatic heterocycles. The Morgan fingerprint density at radius 2 is 1.23 bits per heavy atom. The van der Waals surface area contributed by atoms with Crippen LogP contribution < -0.4 is 0 Å². The van der Waals surface area contributed by atoms with Crippen LogP contribution in [0.1, 0.15) is 48.5 Å². The van der Waals surface area contributed by atoms with Crippen LogP contribution in [-0.2, 0) is 11.2 Å². The average Bonchev–Trinajstić information content (AvgIpc) is 3.06. The lowest BCUT2D eigenvalue weighted by atomic mass is 9.86. The molecule has 0 N–H and O–H groups in total. The van der Waals surface area contributed by atoms with Gasteiger partial charge >= 0.3 is 0 Å². The Morgan fingerprint density at radius 1 is 0.710 bits per heavy atom. The molecule has 0 saturated carbocycles. The van der Waals surface area contributed by atoms with Crippen LogP contribution in [0.4, 0.5) is 0 Å². The third kappa shape index (κ3) is 4.92. The summed E-state index contributed by atoms with van der Waals surface area (Å²) in [7, 11) is 0. The first-order chi connectivity index (χ1) is 15.4. The van der Waals surface area contributed by atoms with Crippen LogP contribution >= 0.6 is 0 Å². The van der Waals surface area contributed by atoms with Crippen LogP contribution in [0.15, 0.2) is 91.0 Å². The molecule has 3 aromatic carbocycles. The lowest BCUT2D eigenvalue weighted by Gasteiger charge is -2.39. The number of ether oxygens (including phenoxy) is 1. The van der Waals surface area contributed by atoms with Crippen LogP contribution in [0.2, 0.25) is 0 Å². The van der Waals surface area contributed by atoms with Gasteiger partial charge in [-0.3, -0.25) is 4.90 Å². The lowest BCUT2D eigenvalue weighted by molar-refractivity contribution is 0.0285. The Bertz CT molecular complexity index is 873. The highest BCUT2D eigenvalue weighted by Gasteiger charge is 2.40. The number of hydrogen-bond donors (Lipinski definition) is 0. The van der Waals surface area contributed by atoms with E-state index in [0.29, 0.717) is 0 Å². The van der Waals surface area contributed by atoms with Crippen molar-refractivity contribution >= 4 is 0 Å². The molecule has 5 rings (SSSR count). The van der Waals surface area contributed by atoms with Crippen molar-refractivity contribution in [3.8, 4) is 0 Å². The largest absolute Gasteiger partial charge is 0.367 e. The highest BCUT2D eigenvalue weighted by Crippen LogP contribution is 2.39. The Labute approximate surface area is 186 Å². The van der Waals surface area contributed by atoms with Gasteiger partial charge in [-0.25, -0.2) is 0 Å². The molecule has 160 valence electrons. The van der Waals surface area contributed by atoms with Gasteiger partial charge in [0.1, 0.15) is 6.10 Å². The van der Waals surface area contributed by atoms with Gasteiger partial charge < -0.3 is 4.74 Å². The van der Waals surface area contributed by atoms with E-state index in [-0.39, 0.29) is 6.10 Å². The van der Waals surface area contributed by atoms with Crippen LogP contribution in [-0.4, -0.2) is 30.1 Å². The Morgan fingerprint density at radius 3 is 1.77 bits per heavy atom. The van der Waals surface area contributed by atoms with Gasteiger partial charge in [0.2, 0.25) is 0 Å². The average molecular weight is 412 g/mol. The number of benzene rings is 3. The summed E-state index contributed by atoms with van der Waals surface area (Å²) in [4.78, 5) is 2.76. The molecule has 2 bridgehead atoms. The topological polar surface area (TPSA) is 12.5 Å². The van der Waals surface area contributed by atoms with Gasteiger partial charge in [0.05, 0.1) is 6.61 Å². The van der Waals surface area contributed by atoms with E-state index in [1.165, 1.54) is 48.8 Å². The molecule has 3 aromatic rings. The zero-order valence-electron chi connectivity index (χ0n) is 18.3. The second-order valence-electron chi connectivity index (χ2n) is 9.22. The van der Waals surface area contributed by atoms with Gasteiger partial charge in [0, 0.05) is 18.6 Å².